The summed E-state index contributed by atoms with van der Waals surface area (Å²) in [6.07, 6.45) is 0. The van der Waals surface area contributed by atoms with E-state index in [9.17, 15) is 14.0 Å². The number of esters is 1. The fourth-order valence-corrected chi connectivity index (χ4v) is 2.84. The quantitative estimate of drug-likeness (QED) is 0.647. The van der Waals surface area contributed by atoms with E-state index in [1.807, 2.05) is 5.32 Å². The first kappa shape index (κ1) is 18.9. The minimum atomic E-state index is -0.429. The zero-order valence-electron chi connectivity index (χ0n) is 14.8. The van der Waals surface area contributed by atoms with Crippen LogP contribution in [-0.4, -0.2) is 31.7 Å². The third-order valence-electron chi connectivity index (χ3n) is 4.13. The summed E-state index contributed by atoms with van der Waals surface area (Å²) >= 11 is 0. The van der Waals surface area contributed by atoms with Crippen LogP contribution in [0.2, 0.25) is 0 Å². The van der Waals surface area contributed by atoms with Gasteiger partial charge in [-0.05, 0) is 19.1 Å². The topological polar surface area (TPSA) is 84.0 Å². The minimum Gasteiger partial charge on any atom is -0.463 e. The summed E-state index contributed by atoms with van der Waals surface area (Å²) in [5.74, 6) is -0.417. The minimum absolute atomic E-state index is 0.0725. The molecule has 2 rings (SSSR count). The van der Waals surface area contributed by atoms with Crippen LogP contribution in [-0.2, 0) is 9.53 Å². The molecule has 7 heteroatoms. The molecular weight excluding hydrogens is 325 g/mol. The number of rotatable bonds is 7. The number of carbonyl (C=O) groups excluding carboxylic acids is 2. The van der Waals surface area contributed by atoms with Crippen LogP contribution < -0.4 is 16.0 Å². The average Bonchev–Trinajstić information content (AvgIpc) is 2.56. The number of hydrogen-bond acceptors (Lipinski definition) is 3. The molecule has 1 aliphatic heterocycles. The van der Waals surface area contributed by atoms with Gasteiger partial charge in [-0.1, -0.05) is 26.0 Å². The molecule has 1 heterocycles. The molecule has 0 saturated carbocycles. The van der Waals surface area contributed by atoms with Crippen LogP contribution in [0.1, 0.15) is 32.4 Å². The first-order chi connectivity index (χ1) is 11.9. The highest BCUT2D eigenvalue weighted by atomic mass is 19.1. The molecule has 0 unspecified atom stereocenters. The van der Waals surface area contributed by atoms with E-state index in [0.29, 0.717) is 17.8 Å². The Morgan fingerprint density at radius 3 is 2.60 bits per heavy atom. The lowest BCUT2D eigenvalue weighted by Gasteiger charge is -2.24. The third kappa shape index (κ3) is 5.03. The molecule has 25 heavy (non-hydrogen) atoms. The third-order valence-corrected chi connectivity index (χ3v) is 4.13. The van der Waals surface area contributed by atoms with Crippen molar-refractivity contribution in [1.82, 2.24) is 10.6 Å². The van der Waals surface area contributed by atoms with E-state index in [2.05, 4.69) is 24.5 Å². The number of carbonyl (C=O) groups is 2. The van der Waals surface area contributed by atoms with Gasteiger partial charge in [0.1, 0.15) is 18.4 Å². The van der Waals surface area contributed by atoms with Crippen LogP contribution in [0.15, 0.2) is 35.5 Å². The molecule has 0 spiro atoms. The molecule has 0 bridgehead atoms. The smallest absolute Gasteiger partial charge is 0.337 e. The van der Waals surface area contributed by atoms with Gasteiger partial charge in [0.15, 0.2) is 0 Å². The molecule has 2 amide bonds. The molecule has 0 fully saturated rings. The van der Waals surface area contributed by atoms with Crippen molar-refractivity contribution in [2.45, 2.75) is 26.8 Å². The first-order valence-electron chi connectivity index (χ1n) is 8.45. The van der Waals surface area contributed by atoms with Gasteiger partial charge < -0.3 is 20.7 Å². The van der Waals surface area contributed by atoms with Crippen molar-refractivity contribution in [2.75, 3.05) is 19.7 Å². The summed E-state index contributed by atoms with van der Waals surface area (Å²) in [7, 11) is 0. The number of amides is 2. The number of quaternary nitrogens is 1. The van der Waals surface area contributed by atoms with Crippen molar-refractivity contribution in [3.8, 4) is 0 Å². The Labute approximate surface area is 146 Å². The van der Waals surface area contributed by atoms with Crippen LogP contribution in [0, 0.1) is 11.7 Å². The van der Waals surface area contributed by atoms with Crippen molar-refractivity contribution < 1.29 is 24.0 Å². The molecule has 136 valence electrons. The largest absolute Gasteiger partial charge is 0.463 e. The van der Waals surface area contributed by atoms with Gasteiger partial charge in [-0.25, -0.2) is 14.0 Å². The standard InChI is InChI=1S/C18H24FN3O3/c1-4-25-17(23)14-9-21-18(24)22-15(14)10-20-16(11(2)3)12-5-7-13(19)8-6-12/h5-8,11,16,20H,4,9-10H2,1-3H3,(H2,21,22,24)/p+1/t16-/m1/s1. The predicted octanol–water partition coefficient (Wildman–Crippen LogP) is 1.22. The lowest BCUT2D eigenvalue weighted by atomic mass is 9.95. The Bertz CT molecular complexity index is 656. The Hall–Kier alpha value is -2.41. The van der Waals surface area contributed by atoms with Gasteiger partial charge in [0.2, 0.25) is 0 Å². The van der Waals surface area contributed by atoms with E-state index in [4.69, 9.17) is 4.74 Å². The van der Waals surface area contributed by atoms with E-state index in [1.54, 1.807) is 19.1 Å². The molecule has 0 aliphatic carbocycles. The monoisotopic (exact) mass is 350 g/mol. The highest BCUT2D eigenvalue weighted by Gasteiger charge is 2.26. The number of nitrogens with two attached hydrogens (primary N) is 1. The summed E-state index contributed by atoms with van der Waals surface area (Å²) in [6, 6.07) is 6.14. The van der Waals surface area contributed by atoms with Gasteiger partial charge in [0.25, 0.3) is 0 Å². The number of benzene rings is 1. The molecule has 0 aromatic heterocycles. The van der Waals surface area contributed by atoms with Crippen molar-refractivity contribution in [3.05, 3.63) is 46.9 Å². The number of halogens is 1. The van der Waals surface area contributed by atoms with Crippen molar-refractivity contribution in [1.29, 1.82) is 0 Å². The number of urea groups is 1. The molecule has 0 saturated heterocycles. The second kappa shape index (κ2) is 8.62. The van der Waals surface area contributed by atoms with E-state index >= 15 is 0 Å². The maximum Gasteiger partial charge on any atom is 0.337 e. The number of hydrogen-bond donors (Lipinski definition) is 3. The van der Waals surface area contributed by atoms with Crippen molar-refractivity contribution in [2.24, 2.45) is 5.92 Å². The molecule has 6 nitrogen and oxygen atoms in total. The predicted molar refractivity (Wildman–Crippen MR) is 91.0 cm³/mol. The van der Waals surface area contributed by atoms with Crippen LogP contribution in [0.3, 0.4) is 0 Å². The second-order valence-electron chi connectivity index (χ2n) is 6.25. The van der Waals surface area contributed by atoms with Crippen LogP contribution in [0.4, 0.5) is 9.18 Å². The Morgan fingerprint density at radius 2 is 2.00 bits per heavy atom. The number of ether oxygens (including phenoxy) is 1. The zero-order valence-corrected chi connectivity index (χ0v) is 14.8. The highest BCUT2D eigenvalue weighted by Crippen LogP contribution is 2.18. The van der Waals surface area contributed by atoms with Gasteiger partial charge in [0.05, 0.1) is 24.4 Å². The van der Waals surface area contributed by atoms with E-state index < -0.39 is 5.97 Å². The second-order valence-corrected chi connectivity index (χ2v) is 6.25. The van der Waals surface area contributed by atoms with Gasteiger partial charge in [-0.3, -0.25) is 0 Å². The summed E-state index contributed by atoms with van der Waals surface area (Å²) < 4.78 is 18.2. The summed E-state index contributed by atoms with van der Waals surface area (Å²) in [5.41, 5.74) is 1.98. The molecule has 4 N–H and O–H groups in total. The molecule has 1 atom stereocenters. The molecular formula is C18H25FN3O3+. The normalized spacial score (nSPS) is 15.6. The molecule has 1 aliphatic rings. The molecule has 1 aromatic rings. The maximum absolute atomic E-state index is 13.2. The lowest BCUT2D eigenvalue weighted by Crippen LogP contribution is -2.87. The summed E-state index contributed by atoms with van der Waals surface area (Å²) in [5, 5.41) is 7.32. The summed E-state index contributed by atoms with van der Waals surface area (Å²) in [6.45, 7) is 6.73. The Kier molecular flexibility index (Phi) is 6.52. The lowest BCUT2D eigenvalue weighted by molar-refractivity contribution is -0.696. The Balaban J connectivity index is 2.17. The molecule has 1 aromatic carbocycles. The average molecular weight is 350 g/mol. The highest BCUT2D eigenvalue weighted by molar-refractivity contribution is 5.93. The fourth-order valence-electron chi connectivity index (χ4n) is 2.84. The van der Waals surface area contributed by atoms with Crippen LogP contribution in [0.5, 0.6) is 0 Å². The van der Waals surface area contributed by atoms with Crippen LogP contribution in [0.25, 0.3) is 0 Å². The van der Waals surface area contributed by atoms with Gasteiger partial charge in [-0.2, -0.15) is 0 Å². The zero-order chi connectivity index (χ0) is 18.4. The van der Waals surface area contributed by atoms with Crippen molar-refractivity contribution in [3.63, 3.8) is 0 Å². The van der Waals surface area contributed by atoms with E-state index in [-0.39, 0.29) is 37.0 Å². The van der Waals surface area contributed by atoms with Crippen LogP contribution >= 0.6 is 0 Å². The number of nitrogens with one attached hydrogen (secondary N) is 2. The fraction of sp³-hybridized carbons (Fsp3) is 0.444. The molecule has 0 radical (unpaired) electrons. The Morgan fingerprint density at radius 1 is 1.32 bits per heavy atom. The van der Waals surface area contributed by atoms with Gasteiger partial charge in [0, 0.05) is 11.5 Å². The van der Waals surface area contributed by atoms with E-state index in [0.717, 1.165) is 5.56 Å². The first-order valence-corrected chi connectivity index (χ1v) is 8.45. The summed E-state index contributed by atoms with van der Waals surface area (Å²) in [4.78, 5) is 23.7. The van der Waals surface area contributed by atoms with Gasteiger partial charge in [-0.15, -0.1) is 0 Å². The SMILES string of the molecule is CCOC(=O)C1=C(C[NH2+][C@@H](c2ccc(F)cc2)C(C)C)NC(=O)NC1. The van der Waals surface area contributed by atoms with Crippen molar-refractivity contribution >= 4 is 12.0 Å². The van der Waals surface area contributed by atoms with E-state index in [1.165, 1.54) is 12.1 Å². The maximum atomic E-state index is 13.2. The van der Waals surface area contributed by atoms with Gasteiger partial charge >= 0.3 is 12.0 Å².